The second-order valence-electron chi connectivity index (χ2n) is 4.17. The van der Waals surface area contributed by atoms with Crippen molar-refractivity contribution in [1.29, 1.82) is 0 Å². The second-order valence-corrected chi connectivity index (χ2v) is 4.17. The quantitative estimate of drug-likeness (QED) is 0.283. The van der Waals surface area contributed by atoms with E-state index in [0.717, 1.165) is 6.21 Å². The molecule has 1 aromatic rings. The maximum Gasteiger partial charge on any atom is 0.374 e. The molecule has 10 heteroatoms. The lowest BCUT2D eigenvalue weighted by Gasteiger charge is -2.06. The summed E-state index contributed by atoms with van der Waals surface area (Å²) in [5.74, 6) is -3.42. The number of H-pyrrole nitrogens is 1. The summed E-state index contributed by atoms with van der Waals surface area (Å²) in [5.41, 5.74) is -0.389. The predicted octanol–water partition coefficient (Wildman–Crippen LogP) is 0.410. The van der Waals surface area contributed by atoms with E-state index in [9.17, 15) is 19.5 Å². The van der Waals surface area contributed by atoms with Crippen molar-refractivity contribution in [2.75, 3.05) is 20.3 Å². The lowest BCUT2D eigenvalue weighted by atomic mass is 10.2. The number of aliphatic hydroxyl groups is 1. The number of esters is 2. The van der Waals surface area contributed by atoms with Gasteiger partial charge in [0.2, 0.25) is 5.76 Å². The van der Waals surface area contributed by atoms with E-state index in [2.05, 4.69) is 25.2 Å². The van der Waals surface area contributed by atoms with Gasteiger partial charge in [-0.3, -0.25) is 9.89 Å². The molecule has 0 unspecified atom stereocenters. The van der Waals surface area contributed by atoms with Gasteiger partial charge in [-0.05, 0) is 13.8 Å². The van der Waals surface area contributed by atoms with Crippen LogP contribution in [-0.4, -0.2) is 59.6 Å². The van der Waals surface area contributed by atoms with Crippen molar-refractivity contribution in [1.82, 2.24) is 15.5 Å². The Balaban J connectivity index is 3.21. The number of carbonyl (C=O) groups is 3. The van der Waals surface area contributed by atoms with E-state index in [1.54, 1.807) is 13.8 Å². The van der Waals surface area contributed by atoms with E-state index in [4.69, 9.17) is 4.74 Å². The van der Waals surface area contributed by atoms with Gasteiger partial charge in [-0.15, -0.1) is 0 Å². The summed E-state index contributed by atoms with van der Waals surface area (Å²) in [6, 6.07) is 0. The first kappa shape index (κ1) is 18.9. The predicted molar refractivity (Wildman–Crippen MR) is 83.1 cm³/mol. The lowest BCUT2D eigenvalue weighted by Crippen LogP contribution is -2.18. The molecule has 0 saturated carbocycles. The molecule has 0 radical (unpaired) electrons. The highest BCUT2D eigenvalue weighted by Gasteiger charge is 2.22. The third-order valence-electron chi connectivity index (χ3n) is 2.63. The summed E-state index contributed by atoms with van der Waals surface area (Å²) in [7, 11) is 1.43. The molecule has 0 saturated heterocycles. The topological polar surface area (TPSA) is 143 Å². The van der Waals surface area contributed by atoms with Crippen molar-refractivity contribution in [2.24, 2.45) is 4.99 Å². The molecular weight excluding hydrogens is 320 g/mol. The molecule has 3 N–H and O–H groups in total. The minimum Gasteiger partial charge on any atom is -0.501 e. The van der Waals surface area contributed by atoms with Crippen LogP contribution in [0, 0.1) is 0 Å². The Hall–Kier alpha value is -3.17. The zero-order valence-electron chi connectivity index (χ0n) is 13.5. The summed E-state index contributed by atoms with van der Waals surface area (Å²) in [5, 5.41) is 18.4. The Morgan fingerprint density at radius 2 is 1.92 bits per heavy atom. The Bertz CT molecular complexity index is 677. The van der Waals surface area contributed by atoms with Crippen LogP contribution in [0.4, 0.5) is 5.82 Å². The van der Waals surface area contributed by atoms with Gasteiger partial charge >= 0.3 is 11.9 Å². The lowest BCUT2D eigenvalue weighted by molar-refractivity contribution is -0.143. The number of aliphatic hydroxyl groups excluding tert-OH is 1. The summed E-state index contributed by atoms with van der Waals surface area (Å²) in [6.07, 6.45) is 2.13. The number of rotatable bonds is 7. The fraction of sp³-hybridized carbons (Fsp3) is 0.357. The number of aromatic amines is 1. The van der Waals surface area contributed by atoms with Gasteiger partial charge in [-0.1, -0.05) is 0 Å². The van der Waals surface area contributed by atoms with E-state index >= 15 is 0 Å². The van der Waals surface area contributed by atoms with E-state index in [1.807, 2.05) is 0 Å². The van der Waals surface area contributed by atoms with Gasteiger partial charge in [0.05, 0.1) is 19.4 Å². The van der Waals surface area contributed by atoms with Crippen LogP contribution in [0.3, 0.4) is 0 Å². The second kappa shape index (κ2) is 9.08. The largest absolute Gasteiger partial charge is 0.501 e. The number of hydrogen-bond donors (Lipinski definition) is 3. The van der Waals surface area contributed by atoms with Gasteiger partial charge in [0, 0.05) is 13.3 Å². The highest BCUT2D eigenvalue weighted by atomic mass is 16.5. The molecule has 0 fully saturated rings. The van der Waals surface area contributed by atoms with Crippen LogP contribution < -0.4 is 5.32 Å². The molecule has 0 atom stereocenters. The molecule has 1 aromatic heterocycles. The van der Waals surface area contributed by atoms with Gasteiger partial charge < -0.3 is 19.9 Å². The SMILES string of the molecule is CCOC(=O)/C(O)=C(\C=N\c1[nH]ncc1C(=O)NC)C(=O)OCC. The highest BCUT2D eigenvalue weighted by molar-refractivity contribution is 6.15. The zero-order chi connectivity index (χ0) is 18.1. The molecule has 0 spiro atoms. The van der Waals surface area contributed by atoms with Crippen molar-refractivity contribution >= 4 is 29.9 Å². The number of hydrogen-bond acceptors (Lipinski definition) is 8. The van der Waals surface area contributed by atoms with Crippen molar-refractivity contribution in [3.8, 4) is 0 Å². The molecule has 130 valence electrons. The molecule has 0 aliphatic rings. The maximum absolute atomic E-state index is 11.9. The number of amides is 1. The van der Waals surface area contributed by atoms with Crippen molar-refractivity contribution in [2.45, 2.75) is 13.8 Å². The summed E-state index contributed by atoms with van der Waals surface area (Å²) >= 11 is 0. The van der Waals surface area contributed by atoms with Crippen LogP contribution in [0.15, 0.2) is 22.5 Å². The molecule has 0 bridgehead atoms. The average molecular weight is 338 g/mol. The molecule has 24 heavy (non-hydrogen) atoms. The summed E-state index contributed by atoms with van der Waals surface area (Å²) in [4.78, 5) is 39.0. The van der Waals surface area contributed by atoms with Crippen LogP contribution >= 0.6 is 0 Å². The van der Waals surface area contributed by atoms with Crippen LogP contribution in [0.1, 0.15) is 24.2 Å². The van der Waals surface area contributed by atoms with Crippen molar-refractivity contribution < 1.29 is 29.0 Å². The molecular formula is C14H18N4O6. The zero-order valence-corrected chi connectivity index (χ0v) is 13.5. The first-order valence-corrected chi connectivity index (χ1v) is 7.03. The van der Waals surface area contributed by atoms with Gasteiger partial charge in [0.1, 0.15) is 11.1 Å². The monoisotopic (exact) mass is 338 g/mol. The molecule has 1 rings (SSSR count). The maximum atomic E-state index is 11.9. The van der Waals surface area contributed by atoms with Crippen molar-refractivity contribution in [3.63, 3.8) is 0 Å². The van der Waals surface area contributed by atoms with E-state index in [1.165, 1.54) is 13.2 Å². The molecule has 0 aliphatic heterocycles. The van der Waals surface area contributed by atoms with E-state index in [-0.39, 0.29) is 24.6 Å². The first-order chi connectivity index (χ1) is 11.5. The molecule has 0 aliphatic carbocycles. The number of carbonyl (C=O) groups excluding carboxylic acids is 3. The summed E-state index contributed by atoms with van der Waals surface area (Å²) in [6.45, 7) is 3.15. The number of aromatic nitrogens is 2. The third-order valence-corrected chi connectivity index (χ3v) is 2.63. The van der Waals surface area contributed by atoms with Crippen LogP contribution in [0.5, 0.6) is 0 Å². The van der Waals surface area contributed by atoms with Gasteiger partial charge in [-0.2, -0.15) is 5.10 Å². The fourth-order valence-corrected chi connectivity index (χ4v) is 1.54. The van der Waals surface area contributed by atoms with Gasteiger partial charge in [0.15, 0.2) is 5.82 Å². The van der Waals surface area contributed by atoms with Gasteiger partial charge in [0.25, 0.3) is 5.91 Å². The molecule has 1 heterocycles. The molecule has 0 aromatic carbocycles. The normalized spacial score (nSPS) is 11.8. The van der Waals surface area contributed by atoms with E-state index in [0.29, 0.717) is 0 Å². The standard InChI is InChI=1S/C14H18N4O6/c1-4-23-13(21)8(10(19)14(22)24-5-2)6-16-11-9(7-17-18-11)12(20)15-3/h6-7,19H,4-5H2,1-3H3,(H,15,20)(H,17,18)/b10-8-,16-6+. The number of ether oxygens (including phenoxy) is 2. The van der Waals surface area contributed by atoms with Crippen molar-refractivity contribution in [3.05, 3.63) is 23.1 Å². The average Bonchev–Trinajstić information content (AvgIpc) is 3.03. The molecule has 1 amide bonds. The van der Waals surface area contributed by atoms with Crippen LogP contribution in [0.25, 0.3) is 0 Å². The molecule has 10 nitrogen and oxygen atoms in total. The Morgan fingerprint density at radius 1 is 1.29 bits per heavy atom. The smallest absolute Gasteiger partial charge is 0.374 e. The first-order valence-electron chi connectivity index (χ1n) is 7.03. The number of nitrogens with zero attached hydrogens (tertiary/aromatic N) is 2. The minimum atomic E-state index is -1.09. The highest BCUT2D eigenvalue weighted by Crippen LogP contribution is 2.15. The summed E-state index contributed by atoms with van der Waals surface area (Å²) < 4.78 is 9.39. The number of aliphatic imine (C=N–C) groups is 1. The fourth-order valence-electron chi connectivity index (χ4n) is 1.54. The van der Waals surface area contributed by atoms with E-state index < -0.39 is 29.2 Å². The third kappa shape index (κ3) is 4.66. The number of nitrogens with one attached hydrogen (secondary N) is 2. The Morgan fingerprint density at radius 3 is 2.50 bits per heavy atom. The minimum absolute atomic E-state index is 0.0114. The Kier molecular flexibility index (Phi) is 7.14. The Labute approximate surface area is 137 Å². The van der Waals surface area contributed by atoms with Crippen LogP contribution in [-0.2, 0) is 19.1 Å². The van der Waals surface area contributed by atoms with Crippen LogP contribution in [0.2, 0.25) is 0 Å². The van der Waals surface area contributed by atoms with Gasteiger partial charge in [-0.25, -0.2) is 14.6 Å².